The van der Waals surface area contributed by atoms with Gasteiger partial charge in [-0.1, -0.05) is 18.2 Å². The third kappa shape index (κ3) is 7.86. The van der Waals surface area contributed by atoms with Crippen LogP contribution in [0, 0.1) is 17.1 Å². The van der Waals surface area contributed by atoms with Gasteiger partial charge in [0.25, 0.3) is 17.7 Å². The molecule has 58 heavy (non-hydrogen) atoms. The third-order valence-corrected chi connectivity index (χ3v) is 10.6. The zero-order valence-electron chi connectivity index (χ0n) is 31.3. The van der Waals surface area contributed by atoms with E-state index in [-0.39, 0.29) is 41.4 Å². The number of hydrogen-bond acceptors (Lipinski definition) is 9. The molecule has 3 aromatic rings. The van der Waals surface area contributed by atoms with Crippen molar-refractivity contribution in [2.24, 2.45) is 0 Å². The number of aryl methyl sites for hydroxylation is 1. The number of alkyl halides is 3. The summed E-state index contributed by atoms with van der Waals surface area (Å²) in [6.45, 7) is 3.88. The second kappa shape index (κ2) is 16.3. The van der Waals surface area contributed by atoms with E-state index in [1.165, 1.54) is 30.9 Å². The monoisotopic (exact) mass is 819 g/mol. The number of nitrogens with one attached hydrogen (secondary N) is 3. The highest BCUT2D eigenvalue weighted by Gasteiger charge is 2.52. The van der Waals surface area contributed by atoms with Crippen LogP contribution in [-0.2, 0) is 31.8 Å². The molecule has 18 heteroatoms. The Balaban J connectivity index is 0.953. The maximum Gasteiger partial charge on any atom is 0.420 e. The highest BCUT2D eigenvalue weighted by Crippen LogP contribution is 2.42. The number of benzene rings is 3. The molecular formula is C40H37F4N7O6S. The fourth-order valence-electron chi connectivity index (χ4n) is 7.27. The zero-order chi connectivity index (χ0) is 42.1. The average molecular weight is 820 g/mol. The molecule has 0 spiro atoms. The standard InChI is InChI=1S/C40H37F4N7O6S/c1-39(2)37(57)50(27-16-13-23(21-45)32(33(27)41)40(42,43)44)38(58)51(39)24-14-11-22(12-15-24)7-5-10-29(52)47-20-4-3-19-46-26-9-6-8-25-31(26)36(56)49(35(25)55)28-17-18-30(53)48-34(28)54/h6,8-9,11-16,28,46H,3-5,7,10,17-20H2,1-2H3,(H,47,52)(H,48,53,54). The molecule has 0 aliphatic carbocycles. The molecule has 2 saturated heterocycles. The van der Waals surface area contributed by atoms with Gasteiger partial charge in [-0.2, -0.15) is 18.4 Å². The Morgan fingerprint density at radius 1 is 0.983 bits per heavy atom. The number of nitrogens with zero attached hydrogens (tertiary/aromatic N) is 4. The van der Waals surface area contributed by atoms with Crippen LogP contribution in [0.1, 0.15) is 89.8 Å². The van der Waals surface area contributed by atoms with Gasteiger partial charge in [0.15, 0.2) is 10.9 Å². The molecule has 3 N–H and O–H groups in total. The van der Waals surface area contributed by atoms with Gasteiger partial charge in [-0.25, -0.2) is 4.39 Å². The summed E-state index contributed by atoms with van der Waals surface area (Å²) < 4.78 is 56.4. The van der Waals surface area contributed by atoms with E-state index in [9.17, 15) is 41.9 Å². The molecule has 6 rings (SSSR count). The summed E-state index contributed by atoms with van der Waals surface area (Å²) >= 11 is 5.50. The van der Waals surface area contributed by atoms with Crippen molar-refractivity contribution >= 4 is 69.8 Å². The second-order valence-corrected chi connectivity index (χ2v) is 14.8. The van der Waals surface area contributed by atoms with Gasteiger partial charge in [0, 0.05) is 37.3 Å². The van der Waals surface area contributed by atoms with Crippen molar-refractivity contribution in [2.45, 2.75) is 76.6 Å². The van der Waals surface area contributed by atoms with Crippen LogP contribution in [0.2, 0.25) is 0 Å². The minimum Gasteiger partial charge on any atom is -0.384 e. The first-order valence-corrected chi connectivity index (χ1v) is 18.8. The lowest BCUT2D eigenvalue weighted by Gasteiger charge is -2.29. The third-order valence-electron chi connectivity index (χ3n) is 10.2. The van der Waals surface area contributed by atoms with Crippen molar-refractivity contribution < 1.29 is 46.3 Å². The van der Waals surface area contributed by atoms with Gasteiger partial charge in [0.05, 0.1) is 28.4 Å². The number of carbonyl (C=O) groups excluding carboxylic acids is 6. The number of carbonyl (C=O) groups is 6. The number of amides is 6. The van der Waals surface area contributed by atoms with Crippen LogP contribution in [0.5, 0.6) is 0 Å². The number of anilines is 3. The summed E-state index contributed by atoms with van der Waals surface area (Å²) in [6.07, 6.45) is -2.53. The van der Waals surface area contributed by atoms with Crippen LogP contribution in [0.4, 0.5) is 34.6 Å². The highest BCUT2D eigenvalue weighted by molar-refractivity contribution is 7.81. The number of imide groups is 2. The Morgan fingerprint density at radius 3 is 2.36 bits per heavy atom. The van der Waals surface area contributed by atoms with Crippen molar-refractivity contribution in [3.63, 3.8) is 0 Å². The van der Waals surface area contributed by atoms with E-state index >= 15 is 4.39 Å². The minimum atomic E-state index is -5.19. The molecule has 0 saturated carbocycles. The van der Waals surface area contributed by atoms with Gasteiger partial charge in [-0.15, -0.1) is 0 Å². The molecule has 0 radical (unpaired) electrons. The molecular weight excluding hydrogens is 783 g/mol. The van der Waals surface area contributed by atoms with Gasteiger partial charge in [-0.3, -0.25) is 43.9 Å². The first kappa shape index (κ1) is 41.4. The Labute approximate surface area is 335 Å². The first-order chi connectivity index (χ1) is 27.5. The summed E-state index contributed by atoms with van der Waals surface area (Å²) in [5, 5.41) is 17.1. The normalized spacial score (nSPS) is 17.7. The van der Waals surface area contributed by atoms with Crippen LogP contribution in [0.25, 0.3) is 0 Å². The highest BCUT2D eigenvalue weighted by atomic mass is 32.1. The molecule has 3 aliphatic rings. The Kier molecular flexibility index (Phi) is 11.7. The van der Waals surface area contributed by atoms with Crippen LogP contribution < -0.4 is 25.8 Å². The quantitative estimate of drug-likeness (QED) is 0.0882. The van der Waals surface area contributed by atoms with E-state index in [1.54, 1.807) is 36.4 Å². The Morgan fingerprint density at radius 2 is 1.69 bits per heavy atom. The van der Waals surface area contributed by atoms with E-state index in [0.717, 1.165) is 22.6 Å². The Hall–Kier alpha value is -6.22. The molecule has 2 fully saturated rings. The van der Waals surface area contributed by atoms with Crippen molar-refractivity contribution in [1.29, 1.82) is 5.26 Å². The lowest BCUT2D eigenvalue weighted by Crippen LogP contribution is -2.54. The van der Waals surface area contributed by atoms with Crippen LogP contribution >= 0.6 is 12.2 Å². The van der Waals surface area contributed by atoms with Crippen LogP contribution in [0.3, 0.4) is 0 Å². The van der Waals surface area contributed by atoms with Crippen LogP contribution in [-0.4, -0.2) is 70.1 Å². The SMILES string of the molecule is CC1(C)C(=O)N(c2ccc(C#N)c(C(F)(F)F)c2F)C(=S)N1c1ccc(CCCC(=O)NCCCCNc2cccc3c2C(=O)N(C2CCC(=O)NC2=O)C3=O)cc1. The molecule has 3 aliphatic heterocycles. The van der Waals surface area contributed by atoms with E-state index < -0.39 is 69.9 Å². The molecule has 302 valence electrons. The molecule has 0 aromatic heterocycles. The summed E-state index contributed by atoms with van der Waals surface area (Å²) in [5.74, 6) is -5.00. The molecule has 3 aromatic carbocycles. The number of nitriles is 1. The number of piperidine rings is 1. The van der Waals surface area contributed by atoms with Crippen molar-refractivity contribution in [2.75, 3.05) is 28.2 Å². The molecule has 1 atom stereocenters. The number of halogens is 4. The summed E-state index contributed by atoms with van der Waals surface area (Å²) in [5.41, 5.74) is -2.69. The number of rotatable bonds is 13. The first-order valence-electron chi connectivity index (χ1n) is 18.4. The predicted molar refractivity (Wildman–Crippen MR) is 206 cm³/mol. The molecule has 3 heterocycles. The van der Waals surface area contributed by atoms with Crippen molar-refractivity contribution in [3.05, 3.63) is 88.2 Å². The average Bonchev–Trinajstić information content (AvgIpc) is 3.52. The van der Waals surface area contributed by atoms with E-state index in [0.29, 0.717) is 55.0 Å². The summed E-state index contributed by atoms with van der Waals surface area (Å²) in [4.78, 5) is 79.3. The van der Waals surface area contributed by atoms with Crippen LogP contribution in [0.15, 0.2) is 54.6 Å². The minimum absolute atomic E-state index is 0.0259. The smallest absolute Gasteiger partial charge is 0.384 e. The van der Waals surface area contributed by atoms with E-state index in [1.807, 2.05) is 0 Å². The molecule has 13 nitrogen and oxygen atoms in total. The van der Waals surface area contributed by atoms with Gasteiger partial charge < -0.3 is 15.5 Å². The Bertz CT molecular complexity index is 2270. The fourth-order valence-corrected chi connectivity index (χ4v) is 7.78. The molecule has 0 bridgehead atoms. The fraction of sp³-hybridized carbons (Fsp3) is 0.350. The van der Waals surface area contributed by atoms with E-state index in [4.69, 9.17) is 17.5 Å². The molecule has 6 amide bonds. The van der Waals surface area contributed by atoms with Crippen molar-refractivity contribution in [1.82, 2.24) is 15.5 Å². The lowest BCUT2D eigenvalue weighted by atomic mass is 10.0. The van der Waals surface area contributed by atoms with Gasteiger partial charge in [0.1, 0.15) is 17.1 Å². The lowest BCUT2D eigenvalue weighted by molar-refractivity contribution is -0.140. The predicted octanol–water partition coefficient (Wildman–Crippen LogP) is 5.37. The number of unbranched alkanes of at least 4 members (excludes halogenated alkanes) is 1. The van der Waals surface area contributed by atoms with Gasteiger partial charge in [-0.05, 0) is 100 Å². The summed E-state index contributed by atoms with van der Waals surface area (Å²) in [7, 11) is 0. The van der Waals surface area contributed by atoms with Crippen molar-refractivity contribution in [3.8, 4) is 6.07 Å². The second-order valence-electron chi connectivity index (χ2n) is 14.4. The number of hydrogen-bond donors (Lipinski definition) is 3. The summed E-state index contributed by atoms with van der Waals surface area (Å²) in [6, 6.07) is 13.7. The number of fused-ring (bicyclic) bond motifs is 1. The topological polar surface area (TPSA) is 172 Å². The maximum atomic E-state index is 15.3. The van der Waals surface area contributed by atoms with Gasteiger partial charge >= 0.3 is 6.18 Å². The zero-order valence-corrected chi connectivity index (χ0v) is 32.1. The largest absolute Gasteiger partial charge is 0.420 e. The maximum absolute atomic E-state index is 15.3. The number of thiocarbonyl (C=S) groups is 1. The van der Waals surface area contributed by atoms with Gasteiger partial charge in [0.2, 0.25) is 17.7 Å². The van der Waals surface area contributed by atoms with E-state index in [2.05, 4.69) is 16.0 Å². The molecule has 1 unspecified atom stereocenters.